The Morgan fingerprint density at radius 2 is 1.67 bits per heavy atom. The predicted molar refractivity (Wildman–Crippen MR) is 85.0 cm³/mol. The third-order valence-corrected chi connectivity index (χ3v) is 3.31. The first-order valence-electron chi connectivity index (χ1n) is 6.81. The lowest BCUT2D eigenvalue weighted by Crippen LogP contribution is -2.05. The summed E-state index contributed by atoms with van der Waals surface area (Å²) in [6.45, 7) is 0. The van der Waals surface area contributed by atoms with Crippen LogP contribution in [-0.2, 0) is 6.18 Å². The van der Waals surface area contributed by atoms with Gasteiger partial charge in [0, 0.05) is 12.4 Å². The Balaban J connectivity index is 1.83. The van der Waals surface area contributed by atoms with Crippen LogP contribution in [-0.4, -0.2) is 15.0 Å². The lowest BCUT2D eigenvalue weighted by molar-refractivity contribution is -0.137. The second-order valence-electron chi connectivity index (χ2n) is 4.82. The maximum Gasteiger partial charge on any atom is 0.417 e. The number of hydrogen-bond acceptors (Lipinski definition) is 4. The van der Waals surface area contributed by atoms with Crippen molar-refractivity contribution >= 4 is 23.2 Å². The van der Waals surface area contributed by atoms with E-state index in [1.54, 1.807) is 30.3 Å². The molecule has 0 aliphatic rings. The van der Waals surface area contributed by atoms with Gasteiger partial charge in [-0.1, -0.05) is 17.7 Å². The van der Waals surface area contributed by atoms with Crippen LogP contribution >= 0.6 is 11.6 Å². The van der Waals surface area contributed by atoms with Gasteiger partial charge >= 0.3 is 6.18 Å². The van der Waals surface area contributed by atoms with Crippen LogP contribution in [0.25, 0.3) is 11.4 Å². The molecule has 0 aliphatic carbocycles. The SMILES string of the molecule is FC(F)(F)c1ccc(-c2cccc(Nc3ccc(Cl)cn3)n2)nc1. The van der Waals surface area contributed by atoms with Crippen LogP contribution in [0.3, 0.4) is 0 Å². The molecule has 4 nitrogen and oxygen atoms in total. The first-order valence-corrected chi connectivity index (χ1v) is 7.19. The molecule has 3 rings (SSSR count). The predicted octanol–water partition coefficient (Wildman–Crippen LogP) is 4.95. The number of halogens is 4. The smallest absolute Gasteiger partial charge is 0.325 e. The molecule has 0 radical (unpaired) electrons. The molecule has 0 saturated heterocycles. The van der Waals surface area contributed by atoms with Gasteiger partial charge in [-0.15, -0.1) is 0 Å². The molecule has 0 unspecified atom stereocenters. The maximum atomic E-state index is 12.6. The van der Waals surface area contributed by atoms with Crippen molar-refractivity contribution in [2.24, 2.45) is 0 Å². The lowest BCUT2D eigenvalue weighted by Gasteiger charge is -2.08. The molecule has 8 heteroatoms. The van der Waals surface area contributed by atoms with Crippen LogP contribution in [0.1, 0.15) is 5.56 Å². The molecular weight excluding hydrogens is 341 g/mol. The summed E-state index contributed by atoms with van der Waals surface area (Å²) in [5.41, 5.74) is -0.00991. The van der Waals surface area contributed by atoms with E-state index >= 15 is 0 Å². The monoisotopic (exact) mass is 350 g/mol. The van der Waals surface area contributed by atoms with E-state index in [-0.39, 0.29) is 0 Å². The number of alkyl halides is 3. The van der Waals surface area contributed by atoms with Gasteiger partial charge in [0.25, 0.3) is 0 Å². The molecule has 0 spiro atoms. The van der Waals surface area contributed by atoms with E-state index in [9.17, 15) is 13.2 Å². The quantitative estimate of drug-likeness (QED) is 0.725. The Labute approximate surface area is 140 Å². The highest BCUT2D eigenvalue weighted by atomic mass is 35.5. The van der Waals surface area contributed by atoms with Gasteiger partial charge in [0.2, 0.25) is 0 Å². The zero-order valence-corrected chi connectivity index (χ0v) is 12.8. The van der Waals surface area contributed by atoms with Crippen LogP contribution in [0.15, 0.2) is 54.9 Å². The number of rotatable bonds is 3. The van der Waals surface area contributed by atoms with E-state index in [0.29, 0.717) is 28.0 Å². The van der Waals surface area contributed by atoms with Crippen molar-refractivity contribution in [3.8, 4) is 11.4 Å². The molecule has 1 N–H and O–H groups in total. The fourth-order valence-corrected chi connectivity index (χ4v) is 2.05. The van der Waals surface area contributed by atoms with Crippen molar-refractivity contribution in [1.82, 2.24) is 15.0 Å². The largest absolute Gasteiger partial charge is 0.417 e. The minimum atomic E-state index is -4.41. The van der Waals surface area contributed by atoms with Crippen molar-refractivity contribution in [3.05, 3.63) is 65.4 Å². The molecule has 0 aliphatic heterocycles. The standard InChI is InChI=1S/C16H10ClF3N4/c17-11-5-7-14(22-9-11)24-15-3-1-2-13(23-15)12-6-4-10(8-21-12)16(18,19)20/h1-9H,(H,22,23,24). The molecule has 0 bridgehead atoms. The van der Waals surface area contributed by atoms with Gasteiger partial charge in [0.1, 0.15) is 11.6 Å². The summed E-state index contributed by atoms with van der Waals surface area (Å²) in [6.07, 6.45) is -2.13. The van der Waals surface area contributed by atoms with Gasteiger partial charge in [-0.25, -0.2) is 9.97 Å². The van der Waals surface area contributed by atoms with E-state index in [2.05, 4.69) is 20.3 Å². The number of nitrogens with zero attached hydrogens (tertiary/aromatic N) is 3. The second-order valence-corrected chi connectivity index (χ2v) is 5.26. The molecule has 24 heavy (non-hydrogen) atoms. The zero-order valence-electron chi connectivity index (χ0n) is 12.0. The average Bonchev–Trinajstić information content (AvgIpc) is 2.57. The summed E-state index contributed by atoms with van der Waals surface area (Å²) in [5.74, 6) is 1.04. The molecule has 3 heterocycles. The van der Waals surface area contributed by atoms with Gasteiger partial charge in [-0.2, -0.15) is 13.2 Å². The molecule has 0 fully saturated rings. The Bertz CT molecular complexity index is 833. The molecule has 0 amide bonds. The third-order valence-electron chi connectivity index (χ3n) is 3.09. The van der Waals surface area contributed by atoms with Crippen molar-refractivity contribution in [2.75, 3.05) is 5.32 Å². The highest BCUT2D eigenvalue weighted by Gasteiger charge is 2.30. The minimum Gasteiger partial charge on any atom is -0.325 e. The van der Waals surface area contributed by atoms with Crippen LogP contribution in [0.5, 0.6) is 0 Å². The van der Waals surface area contributed by atoms with E-state index in [0.717, 1.165) is 12.3 Å². The number of nitrogens with one attached hydrogen (secondary N) is 1. The summed E-state index contributed by atoms with van der Waals surface area (Å²) in [4.78, 5) is 12.2. The summed E-state index contributed by atoms with van der Waals surface area (Å²) in [5, 5.41) is 3.50. The molecule has 3 aromatic rings. The molecule has 3 aromatic heterocycles. The van der Waals surface area contributed by atoms with Crippen molar-refractivity contribution in [2.45, 2.75) is 6.18 Å². The summed E-state index contributed by atoms with van der Waals surface area (Å²) >= 11 is 5.77. The Kier molecular flexibility index (Phi) is 4.35. The highest BCUT2D eigenvalue weighted by Crippen LogP contribution is 2.29. The minimum absolute atomic E-state index is 0.343. The van der Waals surface area contributed by atoms with Crippen molar-refractivity contribution < 1.29 is 13.2 Å². The number of hydrogen-bond donors (Lipinski definition) is 1. The van der Waals surface area contributed by atoms with E-state index in [1.807, 2.05) is 0 Å². The van der Waals surface area contributed by atoms with Gasteiger partial charge in [0.15, 0.2) is 0 Å². The summed E-state index contributed by atoms with van der Waals surface area (Å²) in [6, 6.07) is 10.7. The van der Waals surface area contributed by atoms with Gasteiger partial charge < -0.3 is 5.32 Å². The lowest BCUT2D eigenvalue weighted by atomic mass is 10.2. The van der Waals surface area contributed by atoms with Crippen LogP contribution in [0.4, 0.5) is 24.8 Å². The summed E-state index contributed by atoms with van der Waals surface area (Å²) in [7, 11) is 0. The first kappa shape index (κ1) is 16.2. The van der Waals surface area contributed by atoms with Gasteiger partial charge in [-0.3, -0.25) is 4.98 Å². The molecule has 0 aromatic carbocycles. The maximum absolute atomic E-state index is 12.6. The number of anilines is 2. The normalized spacial score (nSPS) is 11.3. The Morgan fingerprint density at radius 3 is 2.29 bits per heavy atom. The van der Waals surface area contributed by atoms with Gasteiger partial charge in [-0.05, 0) is 36.4 Å². The highest BCUT2D eigenvalue weighted by molar-refractivity contribution is 6.30. The first-order chi connectivity index (χ1) is 11.4. The molecule has 0 atom stereocenters. The molecule has 122 valence electrons. The fraction of sp³-hybridized carbons (Fsp3) is 0.0625. The van der Waals surface area contributed by atoms with E-state index < -0.39 is 11.7 Å². The third kappa shape index (κ3) is 3.80. The summed E-state index contributed by atoms with van der Waals surface area (Å²) < 4.78 is 37.7. The second kappa shape index (κ2) is 6.45. The molecule has 0 saturated carbocycles. The molecular formula is C16H10ClF3N4. The van der Waals surface area contributed by atoms with Crippen LogP contribution in [0, 0.1) is 0 Å². The van der Waals surface area contributed by atoms with E-state index in [4.69, 9.17) is 11.6 Å². The zero-order chi connectivity index (χ0) is 17.2. The average molecular weight is 351 g/mol. The van der Waals surface area contributed by atoms with E-state index in [1.165, 1.54) is 12.3 Å². The van der Waals surface area contributed by atoms with Crippen molar-refractivity contribution in [3.63, 3.8) is 0 Å². The number of aromatic nitrogens is 3. The van der Waals surface area contributed by atoms with Crippen LogP contribution < -0.4 is 5.32 Å². The van der Waals surface area contributed by atoms with Gasteiger partial charge in [0.05, 0.1) is 22.0 Å². The Hall–Kier alpha value is -2.67. The fourth-order valence-electron chi connectivity index (χ4n) is 1.94. The topological polar surface area (TPSA) is 50.7 Å². The Morgan fingerprint density at radius 1 is 0.833 bits per heavy atom. The number of pyridine rings is 3. The van der Waals surface area contributed by atoms with Crippen LogP contribution in [0.2, 0.25) is 5.02 Å². The van der Waals surface area contributed by atoms with Crippen molar-refractivity contribution in [1.29, 1.82) is 0 Å².